The summed E-state index contributed by atoms with van der Waals surface area (Å²) < 4.78 is 0. The SMILES string of the molecule is N=C(N)N1CCCN(Cc2ccccc2SCc2ccc(Cl)cc2)CC1. The van der Waals surface area contributed by atoms with Crippen LogP contribution in [0.25, 0.3) is 0 Å². The number of nitrogens with zero attached hydrogens (tertiary/aromatic N) is 2. The molecule has 3 rings (SSSR count). The van der Waals surface area contributed by atoms with E-state index in [2.05, 4.69) is 41.3 Å². The number of halogens is 1. The van der Waals surface area contributed by atoms with Crippen molar-refractivity contribution in [2.75, 3.05) is 26.2 Å². The molecule has 0 amide bonds. The summed E-state index contributed by atoms with van der Waals surface area (Å²) in [4.78, 5) is 5.75. The largest absolute Gasteiger partial charge is 0.370 e. The normalized spacial score (nSPS) is 15.7. The van der Waals surface area contributed by atoms with Gasteiger partial charge >= 0.3 is 0 Å². The summed E-state index contributed by atoms with van der Waals surface area (Å²) in [5.41, 5.74) is 8.28. The van der Waals surface area contributed by atoms with Crippen molar-refractivity contribution in [3.8, 4) is 0 Å². The highest BCUT2D eigenvalue weighted by atomic mass is 35.5. The second-order valence-corrected chi connectivity index (χ2v) is 7.98. The van der Waals surface area contributed by atoms with E-state index in [9.17, 15) is 0 Å². The predicted octanol–water partition coefficient (Wildman–Crippen LogP) is 4.03. The van der Waals surface area contributed by atoms with Crippen molar-refractivity contribution >= 4 is 29.3 Å². The molecule has 26 heavy (non-hydrogen) atoms. The number of guanidine groups is 1. The zero-order chi connectivity index (χ0) is 18.4. The van der Waals surface area contributed by atoms with E-state index < -0.39 is 0 Å². The van der Waals surface area contributed by atoms with Crippen LogP contribution in [0.4, 0.5) is 0 Å². The van der Waals surface area contributed by atoms with E-state index in [-0.39, 0.29) is 5.96 Å². The Morgan fingerprint density at radius 1 is 1.04 bits per heavy atom. The van der Waals surface area contributed by atoms with Gasteiger partial charge in [-0.1, -0.05) is 41.9 Å². The topological polar surface area (TPSA) is 56.4 Å². The van der Waals surface area contributed by atoms with Gasteiger partial charge in [0.2, 0.25) is 0 Å². The van der Waals surface area contributed by atoms with E-state index in [1.165, 1.54) is 16.0 Å². The summed E-state index contributed by atoms with van der Waals surface area (Å²) in [6, 6.07) is 16.7. The summed E-state index contributed by atoms with van der Waals surface area (Å²) in [6.07, 6.45) is 1.04. The van der Waals surface area contributed by atoms with E-state index in [0.717, 1.165) is 49.9 Å². The summed E-state index contributed by atoms with van der Waals surface area (Å²) in [6.45, 7) is 4.62. The van der Waals surface area contributed by atoms with Crippen molar-refractivity contribution in [3.63, 3.8) is 0 Å². The fourth-order valence-electron chi connectivity index (χ4n) is 3.13. The minimum absolute atomic E-state index is 0.186. The number of nitrogens with two attached hydrogens (primary N) is 1. The molecule has 0 spiro atoms. The maximum atomic E-state index is 7.63. The fourth-order valence-corrected chi connectivity index (χ4v) is 4.26. The average molecular weight is 389 g/mol. The third kappa shape index (κ3) is 5.40. The maximum absolute atomic E-state index is 7.63. The molecule has 0 bridgehead atoms. The standard InChI is InChI=1S/C20H25ClN4S/c21-18-8-6-16(7-9-18)15-26-19-5-2-1-4-17(19)14-24-10-3-11-25(13-12-24)20(22)23/h1-2,4-9H,3,10-15H2,(H3,22,23). The van der Waals surface area contributed by atoms with Gasteiger partial charge in [-0.05, 0) is 35.7 Å². The lowest BCUT2D eigenvalue weighted by Crippen LogP contribution is -2.39. The lowest BCUT2D eigenvalue weighted by atomic mass is 10.2. The minimum Gasteiger partial charge on any atom is -0.370 e. The summed E-state index contributed by atoms with van der Waals surface area (Å²) in [7, 11) is 0. The maximum Gasteiger partial charge on any atom is 0.188 e. The van der Waals surface area contributed by atoms with E-state index in [1.807, 2.05) is 28.8 Å². The molecule has 0 aromatic heterocycles. The van der Waals surface area contributed by atoms with Gasteiger partial charge in [0.05, 0.1) is 0 Å². The molecule has 2 aromatic rings. The van der Waals surface area contributed by atoms with Crippen molar-refractivity contribution in [1.29, 1.82) is 5.41 Å². The number of hydrogen-bond donors (Lipinski definition) is 2. The zero-order valence-corrected chi connectivity index (χ0v) is 16.4. The number of rotatable bonds is 5. The monoisotopic (exact) mass is 388 g/mol. The number of nitrogens with one attached hydrogen (secondary N) is 1. The van der Waals surface area contributed by atoms with Crippen LogP contribution in [-0.2, 0) is 12.3 Å². The second kappa shape index (κ2) is 9.31. The molecule has 1 heterocycles. The lowest BCUT2D eigenvalue weighted by molar-refractivity contribution is 0.275. The highest BCUT2D eigenvalue weighted by molar-refractivity contribution is 7.98. The molecule has 3 N–H and O–H groups in total. The van der Waals surface area contributed by atoms with E-state index in [0.29, 0.717) is 0 Å². The van der Waals surface area contributed by atoms with Crippen LogP contribution >= 0.6 is 23.4 Å². The highest BCUT2D eigenvalue weighted by Crippen LogP contribution is 2.28. The smallest absolute Gasteiger partial charge is 0.188 e. The van der Waals surface area contributed by atoms with Crippen LogP contribution in [0.2, 0.25) is 5.02 Å². The molecule has 6 heteroatoms. The Balaban J connectivity index is 1.61. The third-order valence-electron chi connectivity index (χ3n) is 4.60. The highest BCUT2D eigenvalue weighted by Gasteiger charge is 2.16. The second-order valence-electron chi connectivity index (χ2n) is 6.52. The molecule has 0 saturated carbocycles. The Bertz CT molecular complexity index is 735. The van der Waals surface area contributed by atoms with Crippen LogP contribution in [0, 0.1) is 5.41 Å². The van der Waals surface area contributed by atoms with Crippen LogP contribution in [0.5, 0.6) is 0 Å². The molecule has 0 radical (unpaired) electrons. The molecular weight excluding hydrogens is 364 g/mol. The van der Waals surface area contributed by atoms with Gasteiger partial charge in [0.1, 0.15) is 0 Å². The van der Waals surface area contributed by atoms with Crippen LogP contribution in [0.1, 0.15) is 17.5 Å². The van der Waals surface area contributed by atoms with Crippen molar-refractivity contribution in [2.24, 2.45) is 5.73 Å². The predicted molar refractivity (Wildman–Crippen MR) is 111 cm³/mol. The molecular formula is C20H25ClN4S. The first-order valence-corrected chi connectivity index (χ1v) is 10.2. The minimum atomic E-state index is 0.186. The Kier molecular flexibility index (Phi) is 6.83. The summed E-state index contributed by atoms with van der Waals surface area (Å²) >= 11 is 7.84. The molecule has 1 saturated heterocycles. The Labute approximate surface area is 164 Å². The van der Waals surface area contributed by atoms with Crippen molar-refractivity contribution in [1.82, 2.24) is 9.80 Å². The molecule has 0 aliphatic carbocycles. The first-order chi connectivity index (χ1) is 12.6. The van der Waals surface area contributed by atoms with Gasteiger partial charge in [-0.3, -0.25) is 10.3 Å². The van der Waals surface area contributed by atoms with Crippen molar-refractivity contribution in [2.45, 2.75) is 23.6 Å². The molecule has 1 aliphatic rings. The quantitative estimate of drug-likeness (QED) is 0.461. The summed E-state index contributed by atoms with van der Waals surface area (Å²) in [5, 5.41) is 8.41. The van der Waals surface area contributed by atoms with Crippen molar-refractivity contribution in [3.05, 3.63) is 64.7 Å². The van der Waals surface area contributed by atoms with Crippen LogP contribution in [0.3, 0.4) is 0 Å². The van der Waals surface area contributed by atoms with E-state index in [1.54, 1.807) is 0 Å². The summed E-state index contributed by atoms with van der Waals surface area (Å²) in [5.74, 6) is 1.12. The van der Waals surface area contributed by atoms with Gasteiger partial charge in [0.15, 0.2) is 5.96 Å². The first-order valence-electron chi connectivity index (χ1n) is 8.88. The first kappa shape index (κ1) is 19.1. The Morgan fingerprint density at radius 2 is 1.81 bits per heavy atom. The Hall–Kier alpha value is -1.69. The molecule has 2 aromatic carbocycles. The average Bonchev–Trinajstić information content (AvgIpc) is 2.88. The number of thioether (sulfide) groups is 1. The number of hydrogen-bond acceptors (Lipinski definition) is 3. The van der Waals surface area contributed by atoms with Gasteiger partial charge in [0.25, 0.3) is 0 Å². The lowest BCUT2D eigenvalue weighted by Gasteiger charge is -2.22. The van der Waals surface area contributed by atoms with Gasteiger partial charge in [-0.25, -0.2) is 0 Å². The number of benzene rings is 2. The van der Waals surface area contributed by atoms with Gasteiger partial charge < -0.3 is 10.6 Å². The Morgan fingerprint density at radius 3 is 2.58 bits per heavy atom. The van der Waals surface area contributed by atoms with Gasteiger partial charge in [-0.15, -0.1) is 11.8 Å². The van der Waals surface area contributed by atoms with Gasteiger partial charge in [-0.2, -0.15) is 0 Å². The van der Waals surface area contributed by atoms with Crippen LogP contribution in [-0.4, -0.2) is 41.9 Å². The molecule has 1 aliphatic heterocycles. The van der Waals surface area contributed by atoms with Gasteiger partial charge in [0, 0.05) is 48.4 Å². The molecule has 4 nitrogen and oxygen atoms in total. The zero-order valence-electron chi connectivity index (χ0n) is 14.8. The van der Waals surface area contributed by atoms with Crippen molar-refractivity contribution < 1.29 is 0 Å². The fraction of sp³-hybridized carbons (Fsp3) is 0.350. The molecule has 1 fully saturated rings. The third-order valence-corrected chi connectivity index (χ3v) is 6.04. The van der Waals surface area contributed by atoms with Crippen LogP contribution < -0.4 is 5.73 Å². The molecule has 0 unspecified atom stereocenters. The molecule has 0 atom stereocenters. The van der Waals surface area contributed by atoms with E-state index >= 15 is 0 Å². The molecule has 138 valence electrons. The van der Waals surface area contributed by atoms with Crippen LogP contribution in [0.15, 0.2) is 53.4 Å². The van der Waals surface area contributed by atoms with E-state index in [4.69, 9.17) is 22.7 Å².